The van der Waals surface area contributed by atoms with Crippen LogP contribution in [0.15, 0.2) is 18.2 Å². The Morgan fingerprint density at radius 3 is 2.54 bits per heavy atom. The van der Waals surface area contributed by atoms with Crippen molar-refractivity contribution in [2.45, 2.75) is 96.8 Å². The summed E-state index contributed by atoms with van der Waals surface area (Å²) in [5, 5.41) is 0. The van der Waals surface area contributed by atoms with Gasteiger partial charge < -0.3 is 28.6 Å². The van der Waals surface area contributed by atoms with Gasteiger partial charge in [0.25, 0.3) is 0 Å². The van der Waals surface area contributed by atoms with Gasteiger partial charge in [-0.15, -0.1) is 0 Å². The first-order valence-corrected chi connectivity index (χ1v) is 17.1. The highest BCUT2D eigenvalue weighted by Crippen LogP contribution is 2.52. The molecule has 3 heterocycles. The van der Waals surface area contributed by atoms with E-state index in [9.17, 15) is 14.4 Å². The number of aldehydes is 1. The molecule has 0 spiro atoms. The lowest BCUT2D eigenvalue weighted by molar-refractivity contribution is -0.161. The SMILES string of the molecule is COC[C@@H]1[C@@H]2CN(C(=O)[C@H](C(C)(C)C)CC(=O)O[C@@H]3[C@H]4CC[C@H](C4)[C@H]3CCCCCc3nc4ccc(OC)cc4nc3O2)[C@@H]1C=O. The summed E-state index contributed by atoms with van der Waals surface area (Å²) in [6.45, 7) is 6.28. The first-order valence-electron chi connectivity index (χ1n) is 17.1. The van der Waals surface area contributed by atoms with E-state index in [1.165, 1.54) is 6.42 Å². The number of carbonyl (C=O) groups excluding carboxylic acids is 3. The molecule has 2 aliphatic carbocycles. The third-order valence-corrected chi connectivity index (χ3v) is 11.0. The van der Waals surface area contributed by atoms with Crippen molar-refractivity contribution in [1.29, 1.82) is 0 Å². The fourth-order valence-corrected chi connectivity index (χ4v) is 8.54. The van der Waals surface area contributed by atoms with Crippen LogP contribution in [-0.2, 0) is 30.3 Å². The molecular formula is C36H49N3O7. The predicted octanol–water partition coefficient (Wildman–Crippen LogP) is 5.18. The Morgan fingerprint density at radius 2 is 1.80 bits per heavy atom. The standard InChI is InChI=1S/C36H49N3O7/c1-36(2,3)26-17-32(41)46-33-22-12-11-21(15-22)24(33)9-7-6-8-10-28-34(38-29-16-23(44-5)13-14-27(29)37-28)45-31-18-39(35(26)42)30(19-40)25(31)20-43-4/h13-14,16,19,21-22,24-26,30-31,33H,6-12,15,17-18,20H2,1-5H3/t21-,22+,24-,25+,26-,30-,31+,33-/m1/s1. The maximum absolute atomic E-state index is 14.4. The number of carbonyl (C=O) groups is 3. The molecule has 6 rings (SSSR count). The van der Waals surface area contributed by atoms with Crippen molar-refractivity contribution in [3.63, 3.8) is 0 Å². The molecule has 250 valence electrons. The normalized spacial score (nSPS) is 32.2. The topological polar surface area (TPSA) is 117 Å². The number of fused-ring (bicyclic) bond motifs is 9. The Balaban J connectivity index is 1.37. The minimum atomic E-state index is -0.771. The Kier molecular flexibility index (Phi) is 9.55. The zero-order valence-electron chi connectivity index (χ0n) is 27.9. The van der Waals surface area contributed by atoms with Crippen LogP contribution in [0.25, 0.3) is 11.0 Å². The highest BCUT2D eigenvalue weighted by molar-refractivity contribution is 5.87. The fourth-order valence-electron chi connectivity index (χ4n) is 8.54. The van der Waals surface area contributed by atoms with Crippen LogP contribution >= 0.6 is 0 Å². The highest BCUT2D eigenvalue weighted by atomic mass is 16.5. The number of aryl methyl sites for hydroxylation is 1. The molecule has 1 aromatic carbocycles. The first-order chi connectivity index (χ1) is 22.1. The lowest BCUT2D eigenvalue weighted by Crippen LogP contribution is -2.47. The van der Waals surface area contributed by atoms with Gasteiger partial charge in [0.15, 0.2) is 0 Å². The third-order valence-electron chi connectivity index (χ3n) is 11.0. The fraction of sp³-hybridized carbons (Fsp3) is 0.694. The zero-order chi connectivity index (χ0) is 32.6. The average Bonchev–Trinajstić information content (AvgIpc) is 3.72. The number of benzene rings is 1. The van der Waals surface area contributed by atoms with Crippen LogP contribution in [0.5, 0.6) is 11.6 Å². The largest absolute Gasteiger partial charge is 0.497 e. The molecular weight excluding hydrogens is 586 g/mol. The van der Waals surface area contributed by atoms with E-state index < -0.39 is 29.4 Å². The highest BCUT2D eigenvalue weighted by Gasteiger charge is 2.51. The van der Waals surface area contributed by atoms with Crippen LogP contribution in [0.4, 0.5) is 0 Å². The number of esters is 1. The monoisotopic (exact) mass is 635 g/mol. The van der Waals surface area contributed by atoms with Crippen molar-refractivity contribution in [3.8, 4) is 11.6 Å². The Hall–Kier alpha value is -3.27. The molecule has 3 fully saturated rings. The van der Waals surface area contributed by atoms with Gasteiger partial charge in [-0.3, -0.25) is 9.59 Å². The molecule has 0 radical (unpaired) electrons. The van der Waals surface area contributed by atoms with Crippen LogP contribution in [0.2, 0.25) is 0 Å². The van der Waals surface area contributed by atoms with Crippen molar-refractivity contribution in [1.82, 2.24) is 14.9 Å². The molecule has 46 heavy (non-hydrogen) atoms. The maximum Gasteiger partial charge on any atom is 0.306 e. The molecule has 2 saturated carbocycles. The van der Waals surface area contributed by atoms with Crippen molar-refractivity contribution >= 4 is 29.2 Å². The molecule has 8 atom stereocenters. The van der Waals surface area contributed by atoms with Crippen molar-refractivity contribution < 1.29 is 33.3 Å². The number of rotatable bonds is 4. The molecule has 1 aromatic heterocycles. The zero-order valence-corrected chi connectivity index (χ0v) is 27.9. The molecule has 0 unspecified atom stereocenters. The van der Waals surface area contributed by atoms with Crippen LogP contribution in [0.1, 0.15) is 77.8 Å². The number of nitrogens with zero attached hydrogens (tertiary/aromatic N) is 3. The lowest BCUT2D eigenvalue weighted by Gasteiger charge is -2.35. The minimum Gasteiger partial charge on any atom is -0.497 e. The van der Waals surface area contributed by atoms with Crippen molar-refractivity contribution in [2.24, 2.45) is 35.0 Å². The number of hydrogen-bond acceptors (Lipinski definition) is 9. The second-order valence-corrected chi connectivity index (χ2v) is 14.9. The average molecular weight is 636 g/mol. The van der Waals surface area contributed by atoms with Gasteiger partial charge in [0.1, 0.15) is 29.9 Å². The van der Waals surface area contributed by atoms with Gasteiger partial charge in [-0.05, 0) is 73.8 Å². The maximum atomic E-state index is 14.4. The van der Waals surface area contributed by atoms with Gasteiger partial charge in [0.2, 0.25) is 11.8 Å². The van der Waals surface area contributed by atoms with Gasteiger partial charge in [0.05, 0.1) is 49.7 Å². The summed E-state index contributed by atoms with van der Waals surface area (Å²) < 4.78 is 23.9. The van der Waals surface area contributed by atoms with Gasteiger partial charge in [-0.25, -0.2) is 9.97 Å². The second kappa shape index (κ2) is 13.5. The molecule has 2 aromatic rings. The quantitative estimate of drug-likeness (QED) is 0.331. The lowest BCUT2D eigenvalue weighted by atomic mass is 9.77. The third kappa shape index (κ3) is 6.46. The van der Waals surface area contributed by atoms with E-state index in [1.807, 2.05) is 39.0 Å². The summed E-state index contributed by atoms with van der Waals surface area (Å²) >= 11 is 0. The van der Waals surface area contributed by atoms with Crippen LogP contribution in [-0.4, -0.2) is 78.7 Å². The van der Waals surface area contributed by atoms with E-state index in [4.69, 9.17) is 28.9 Å². The van der Waals surface area contributed by atoms with E-state index in [-0.39, 0.29) is 37.6 Å². The van der Waals surface area contributed by atoms with Gasteiger partial charge in [-0.2, -0.15) is 0 Å². The van der Waals surface area contributed by atoms with E-state index >= 15 is 0 Å². The summed E-state index contributed by atoms with van der Waals surface area (Å²) in [7, 11) is 3.19. The number of methoxy groups -OCH3 is 2. The van der Waals surface area contributed by atoms with Crippen LogP contribution in [0, 0.1) is 35.0 Å². The van der Waals surface area contributed by atoms with Gasteiger partial charge >= 0.3 is 5.97 Å². The molecule has 10 heteroatoms. The predicted molar refractivity (Wildman–Crippen MR) is 171 cm³/mol. The van der Waals surface area contributed by atoms with E-state index in [0.717, 1.165) is 56.0 Å². The Morgan fingerprint density at radius 1 is 1.00 bits per heavy atom. The van der Waals surface area contributed by atoms with E-state index in [1.54, 1.807) is 19.1 Å². The van der Waals surface area contributed by atoms with Crippen LogP contribution < -0.4 is 9.47 Å². The summed E-state index contributed by atoms with van der Waals surface area (Å²) in [6.07, 6.45) is 8.29. The Labute approximate surface area is 271 Å². The summed E-state index contributed by atoms with van der Waals surface area (Å²) in [5.41, 5.74) is 1.63. The molecule has 1 saturated heterocycles. The minimum absolute atomic E-state index is 0.0202. The van der Waals surface area contributed by atoms with Gasteiger partial charge in [-0.1, -0.05) is 33.6 Å². The van der Waals surface area contributed by atoms with E-state index in [0.29, 0.717) is 41.3 Å². The smallest absolute Gasteiger partial charge is 0.306 e. The second-order valence-electron chi connectivity index (χ2n) is 14.9. The number of ether oxygens (including phenoxy) is 4. The summed E-state index contributed by atoms with van der Waals surface area (Å²) in [6, 6.07) is 4.84. The summed E-state index contributed by atoms with van der Waals surface area (Å²) in [5.74, 6) is 0.821. The molecule has 4 bridgehead atoms. The first kappa shape index (κ1) is 32.7. The molecule has 2 aliphatic heterocycles. The van der Waals surface area contributed by atoms with Crippen molar-refractivity contribution in [3.05, 3.63) is 23.9 Å². The molecule has 10 nitrogen and oxygen atoms in total. The van der Waals surface area contributed by atoms with Crippen molar-refractivity contribution in [2.75, 3.05) is 27.4 Å². The number of aromatic nitrogens is 2. The van der Waals surface area contributed by atoms with Crippen LogP contribution in [0.3, 0.4) is 0 Å². The summed E-state index contributed by atoms with van der Waals surface area (Å²) in [4.78, 5) is 52.1. The van der Waals surface area contributed by atoms with E-state index in [2.05, 4.69) is 0 Å². The number of amides is 1. The molecule has 0 N–H and O–H groups in total. The molecule has 4 aliphatic rings. The Bertz CT molecular complexity index is 1440. The van der Waals surface area contributed by atoms with Gasteiger partial charge in [0, 0.05) is 19.1 Å². The number of hydrogen-bond donors (Lipinski definition) is 0. The molecule has 1 amide bonds.